The van der Waals surface area contributed by atoms with Crippen molar-refractivity contribution < 1.29 is 43.7 Å². The SMILES string of the molecule is N#Cc1cc([N+](=O)[O-])c(N(Cc2cc3ccccc3c3ccccc23)C(O)C(=O)NC(C(=O)NC(N=C(N)N)C(=O)NC(N=C(N)N)C(=O)NC(N=C(N)N)C(=O)NC(N=C(N)N)C(N)=O)c2ccccc2)c([N+](=O)[O-])c1. The molecule has 5 rings (SSSR count). The van der Waals surface area contributed by atoms with E-state index < -0.39 is 135 Å². The van der Waals surface area contributed by atoms with Crippen LogP contribution in [0.1, 0.15) is 22.7 Å². The molecule has 0 radical (unpaired) electrons. The van der Waals surface area contributed by atoms with Gasteiger partial charge in [0.15, 0.2) is 29.5 Å². The molecule has 0 bridgehead atoms. The van der Waals surface area contributed by atoms with Gasteiger partial charge in [0.05, 0.1) is 21.5 Å². The molecule has 77 heavy (non-hydrogen) atoms. The van der Waals surface area contributed by atoms with Gasteiger partial charge in [-0.15, -0.1) is 0 Å². The lowest BCUT2D eigenvalue weighted by Crippen LogP contribution is -2.58. The number of rotatable bonds is 22. The molecule has 5 aromatic rings. The number of nitrogens with zero attached hydrogens (tertiary/aromatic N) is 8. The fourth-order valence-electron chi connectivity index (χ4n) is 7.37. The molecule has 33 nitrogen and oxygen atoms in total. The van der Waals surface area contributed by atoms with Gasteiger partial charge in [-0.2, -0.15) is 5.26 Å². The summed E-state index contributed by atoms with van der Waals surface area (Å²) in [5.74, 6) is -11.7. The number of nitro benzene ring substituents is 2. The average Bonchev–Trinajstić information content (AvgIpc) is 3.37. The number of aliphatic hydroxyl groups excluding tert-OH is 1. The Balaban J connectivity index is 1.54. The summed E-state index contributed by atoms with van der Waals surface area (Å²) in [6.07, 6.45) is -11.2. The maximum atomic E-state index is 14.6. The summed E-state index contributed by atoms with van der Waals surface area (Å²) in [7, 11) is 0. The number of nitro groups is 2. The summed E-state index contributed by atoms with van der Waals surface area (Å²) in [5, 5.41) is 60.2. The van der Waals surface area contributed by atoms with E-state index in [1.54, 1.807) is 54.6 Å². The van der Waals surface area contributed by atoms with E-state index in [2.05, 4.69) is 30.6 Å². The predicted molar refractivity (Wildman–Crippen MR) is 276 cm³/mol. The molecule has 0 heterocycles. The Labute approximate surface area is 432 Å². The largest absolute Gasteiger partial charge is 0.370 e. The second kappa shape index (κ2) is 24.8. The van der Waals surface area contributed by atoms with Gasteiger partial charge in [0, 0.05) is 18.7 Å². The molecule has 6 amide bonds. The number of amides is 6. The van der Waals surface area contributed by atoms with E-state index in [-0.39, 0.29) is 5.56 Å². The zero-order valence-electron chi connectivity index (χ0n) is 39.7. The topological polar surface area (TPSA) is 580 Å². The molecule has 0 aliphatic rings. The number of anilines is 1. The number of carbonyl (C=O) groups is 6. The Bertz CT molecular complexity index is 3280. The minimum atomic E-state index is -2.64. The highest BCUT2D eigenvalue weighted by molar-refractivity contribution is 6.09. The number of benzene rings is 5. The minimum Gasteiger partial charge on any atom is -0.370 e. The van der Waals surface area contributed by atoms with Gasteiger partial charge in [0.2, 0.25) is 36.8 Å². The van der Waals surface area contributed by atoms with Gasteiger partial charge in [-0.1, -0.05) is 78.9 Å². The molecule has 0 fully saturated rings. The second-order valence-electron chi connectivity index (χ2n) is 15.9. The molecule has 0 aliphatic heterocycles. The third kappa shape index (κ3) is 14.4. The van der Waals surface area contributed by atoms with Crippen molar-refractivity contribution in [3.05, 3.63) is 134 Å². The number of carbonyl (C=O) groups excluding carboxylic acids is 6. The zero-order valence-corrected chi connectivity index (χ0v) is 39.7. The molecule has 0 spiro atoms. The smallest absolute Gasteiger partial charge is 0.301 e. The molecule has 400 valence electrons. The summed E-state index contributed by atoms with van der Waals surface area (Å²) < 4.78 is 0. The summed E-state index contributed by atoms with van der Waals surface area (Å²) >= 11 is 0. The van der Waals surface area contributed by atoms with Crippen molar-refractivity contribution in [2.45, 2.75) is 43.5 Å². The van der Waals surface area contributed by atoms with Gasteiger partial charge >= 0.3 is 11.4 Å². The van der Waals surface area contributed by atoms with E-state index in [4.69, 9.17) is 51.6 Å². The number of primary amides is 1. The van der Waals surface area contributed by atoms with Crippen molar-refractivity contribution in [1.82, 2.24) is 26.6 Å². The van der Waals surface area contributed by atoms with Crippen molar-refractivity contribution >= 4 is 97.9 Å². The molecule has 6 atom stereocenters. The predicted octanol–water partition coefficient (Wildman–Crippen LogP) is -4.79. The molecule has 0 saturated carbocycles. The minimum absolute atomic E-state index is 0.0583. The summed E-state index contributed by atoms with van der Waals surface area (Å²) in [5.41, 5.74) is 45.6. The Morgan fingerprint density at radius 2 is 0.974 bits per heavy atom. The molecular formula is C44H48N22O11. The number of nitriles is 1. The number of aliphatic hydroxyl groups is 1. The average molecular weight is 1060 g/mol. The monoisotopic (exact) mass is 1060 g/mol. The third-order valence-electron chi connectivity index (χ3n) is 10.5. The van der Waals surface area contributed by atoms with Crippen LogP contribution in [-0.2, 0) is 35.3 Å². The molecular weight excluding hydrogens is 1010 g/mol. The van der Waals surface area contributed by atoms with Crippen LogP contribution in [-0.4, -0.2) is 105 Å². The lowest BCUT2D eigenvalue weighted by Gasteiger charge is -2.31. The van der Waals surface area contributed by atoms with E-state index in [9.17, 15) is 59.4 Å². The maximum absolute atomic E-state index is 14.6. The Morgan fingerprint density at radius 1 is 0.558 bits per heavy atom. The number of hydrogen-bond acceptors (Lipinski definition) is 17. The van der Waals surface area contributed by atoms with Crippen molar-refractivity contribution in [1.29, 1.82) is 5.26 Å². The number of aliphatic imine (C=N–C) groups is 4. The van der Waals surface area contributed by atoms with Gasteiger partial charge in [0.25, 0.3) is 29.5 Å². The second-order valence-corrected chi connectivity index (χ2v) is 15.9. The van der Waals surface area contributed by atoms with Gasteiger partial charge in [-0.25, -0.2) is 20.0 Å². The van der Waals surface area contributed by atoms with E-state index in [0.717, 1.165) is 5.39 Å². The molecule has 6 unspecified atom stereocenters. The highest BCUT2D eigenvalue weighted by Gasteiger charge is 2.39. The van der Waals surface area contributed by atoms with Crippen molar-refractivity contribution in [3.8, 4) is 6.07 Å². The van der Waals surface area contributed by atoms with Crippen LogP contribution in [0.2, 0.25) is 0 Å². The van der Waals surface area contributed by atoms with Crippen LogP contribution in [0.4, 0.5) is 17.1 Å². The third-order valence-corrected chi connectivity index (χ3v) is 10.5. The quantitative estimate of drug-likeness (QED) is 0.00772. The van der Waals surface area contributed by atoms with Gasteiger partial charge in [0.1, 0.15) is 6.04 Å². The van der Waals surface area contributed by atoms with Crippen molar-refractivity contribution in [3.63, 3.8) is 0 Å². The first-order chi connectivity index (χ1) is 36.4. The van der Waals surface area contributed by atoms with Crippen LogP contribution in [0.25, 0.3) is 21.5 Å². The molecule has 0 saturated heterocycles. The number of nitrogens with one attached hydrogen (secondary N) is 5. The van der Waals surface area contributed by atoms with E-state index >= 15 is 0 Å². The van der Waals surface area contributed by atoms with Gasteiger partial charge < -0.3 is 88.2 Å². The van der Waals surface area contributed by atoms with Gasteiger partial charge in [-0.3, -0.25) is 49.0 Å². The van der Waals surface area contributed by atoms with E-state index in [1.807, 2.05) is 22.0 Å². The van der Waals surface area contributed by atoms with Crippen LogP contribution in [0.15, 0.2) is 117 Å². The Hall–Kier alpha value is -11.4. The van der Waals surface area contributed by atoms with Crippen LogP contribution < -0.4 is 83.1 Å². The Kier molecular flexibility index (Phi) is 18.2. The standard InChI is InChI=1S/C44H48N22O11/c45-17-19-14-26(65(74)75)29(27(15-19)66(76)77)64(18-22-16-21-10-4-5-11-23(21)25-13-7-6-12-24(22)25)40(73)39(72)55-28(20-8-2-1-3-9-20)35(68)57-32(61-42(49)50)37(70)59-34(63-44(53)54)38(71)58-33(62-43(51)52)36(69)56-31(30(46)67)60-41(47)48/h1-16,28,31-34,40,73H,18H2,(H2,46,67)(H,55,72)(H,56,69)(H,57,68)(H,58,71)(H,59,70)(H4,47,48,60)(H4,49,50,61)(H4,51,52,62)(H4,53,54,63). The van der Waals surface area contributed by atoms with Crippen molar-refractivity contribution in [2.75, 3.05) is 4.90 Å². The highest BCUT2D eigenvalue weighted by Crippen LogP contribution is 2.41. The van der Waals surface area contributed by atoms with Gasteiger partial charge in [-0.05, 0) is 38.7 Å². The summed E-state index contributed by atoms with van der Waals surface area (Å²) in [6, 6.07) is 23.6. The molecule has 0 aliphatic carbocycles. The molecule has 24 N–H and O–H groups in total. The lowest BCUT2D eigenvalue weighted by molar-refractivity contribution is -0.392. The Morgan fingerprint density at radius 3 is 1.43 bits per heavy atom. The molecule has 5 aromatic carbocycles. The zero-order chi connectivity index (χ0) is 56.8. The van der Waals surface area contributed by atoms with Crippen LogP contribution in [0.5, 0.6) is 0 Å². The van der Waals surface area contributed by atoms with Crippen molar-refractivity contribution in [2.24, 2.45) is 71.6 Å². The highest BCUT2D eigenvalue weighted by atomic mass is 16.6. The van der Waals surface area contributed by atoms with Crippen LogP contribution >= 0.6 is 0 Å². The lowest BCUT2D eigenvalue weighted by atomic mass is 9.96. The van der Waals surface area contributed by atoms with E-state index in [1.165, 1.54) is 30.3 Å². The fourth-order valence-corrected chi connectivity index (χ4v) is 7.37. The fraction of sp³-hybridized carbons (Fsp3) is 0.159. The first-order valence-corrected chi connectivity index (χ1v) is 21.8. The molecule has 33 heteroatoms. The first-order valence-electron chi connectivity index (χ1n) is 21.8. The molecule has 0 aromatic heterocycles. The first kappa shape index (κ1) is 56.5. The number of hydrogen-bond donors (Lipinski definition) is 15. The summed E-state index contributed by atoms with van der Waals surface area (Å²) in [6.45, 7) is -0.657. The normalized spacial score (nSPS) is 12.9. The van der Waals surface area contributed by atoms with Crippen LogP contribution in [0, 0.1) is 31.6 Å². The maximum Gasteiger partial charge on any atom is 0.301 e. The summed E-state index contributed by atoms with van der Waals surface area (Å²) in [4.78, 5) is 120. The van der Waals surface area contributed by atoms with Crippen LogP contribution in [0.3, 0.4) is 0 Å². The number of fused-ring (bicyclic) bond motifs is 3. The number of nitrogens with two attached hydrogens (primary N) is 9. The number of guanidine groups is 4. The van der Waals surface area contributed by atoms with E-state index in [0.29, 0.717) is 38.8 Å².